The smallest absolute Gasteiger partial charge is 0.344 e. The van der Waals surface area contributed by atoms with Crippen LogP contribution in [0.25, 0.3) is 33.5 Å². The van der Waals surface area contributed by atoms with E-state index < -0.39 is 28.2 Å². The third-order valence-corrected chi connectivity index (χ3v) is 5.84. The van der Waals surface area contributed by atoms with Crippen LogP contribution in [0.3, 0.4) is 0 Å². The quantitative estimate of drug-likeness (QED) is 0.174. The largest absolute Gasteiger partial charge is 0.493 e. The molecule has 39 heavy (non-hydrogen) atoms. The normalized spacial score (nSPS) is 12.2. The number of aromatic nitrogens is 2. The van der Waals surface area contributed by atoms with Crippen molar-refractivity contribution in [2.75, 3.05) is 7.11 Å². The van der Waals surface area contributed by atoms with E-state index in [2.05, 4.69) is 10.1 Å². The summed E-state index contributed by atoms with van der Waals surface area (Å²) >= 11 is 0. The van der Waals surface area contributed by atoms with Crippen molar-refractivity contribution in [2.24, 2.45) is 5.10 Å². The molecule has 3 aromatic carbocycles. The monoisotopic (exact) mass is 528 g/mol. The van der Waals surface area contributed by atoms with Crippen molar-refractivity contribution in [3.8, 4) is 23.1 Å². The van der Waals surface area contributed by atoms with Crippen LogP contribution in [0, 0.1) is 10.1 Å². The van der Waals surface area contributed by atoms with E-state index in [1.165, 1.54) is 26.3 Å². The van der Waals surface area contributed by atoms with Gasteiger partial charge in [-0.3, -0.25) is 14.9 Å². The van der Waals surface area contributed by atoms with E-state index in [9.17, 15) is 19.7 Å². The number of carboxylic acid groups (broad SMARTS) is 1. The van der Waals surface area contributed by atoms with E-state index >= 15 is 0 Å². The second-order valence-electron chi connectivity index (χ2n) is 8.39. The van der Waals surface area contributed by atoms with Gasteiger partial charge in [-0.05, 0) is 37.3 Å². The summed E-state index contributed by atoms with van der Waals surface area (Å²) < 4.78 is 17.5. The molecule has 1 N–H and O–H groups in total. The van der Waals surface area contributed by atoms with Crippen LogP contribution in [0.5, 0.6) is 11.5 Å². The summed E-state index contributed by atoms with van der Waals surface area (Å²) in [6, 6.07) is 18.3. The number of para-hydroxylation sites is 2. The number of hydrogen-bond acceptors (Lipinski definition) is 9. The highest BCUT2D eigenvalue weighted by atomic mass is 16.6. The molecule has 0 saturated heterocycles. The SMILES string of the molecule is COc1cc(C=Nn2c(-c3cc4ccccc4o3)nc3ccccc3c2=O)cc([N+](=O)[O-])c1O[C@@H](C)C(=O)O. The summed E-state index contributed by atoms with van der Waals surface area (Å²) in [5.74, 6) is -1.31. The number of carboxylic acids is 1. The molecule has 1 atom stereocenters. The summed E-state index contributed by atoms with van der Waals surface area (Å²) in [5, 5.41) is 26.4. The third kappa shape index (κ3) is 4.78. The number of carbonyl (C=O) groups is 1. The van der Waals surface area contributed by atoms with Crippen molar-refractivity contribution >= 4 is 39.7 Å². The molecule has 196 valence electrons. The summed E-state index contributed by atoms with van der Waals surface area (Å²) in [7, 11) is 1.26. The number of methoxy groups -OCH3 is 1. The summed E-state index contributed by atoms with van der Waals surface area (Å²) in [4.78, 5) is 40.4. The average Bonchev–Trinajstić information content (AvgIpc) is 3.37. The fourth-order valence-corrected chi connectivity index (χ4v) is 3.92. The molecule has 12 heteroatoms. The Hall–Kier alpha value is -5.52. The lowest BCUT2D eigenvalue weighted by atomic mass is 10.1. The Balaban J connectivity index is 1.66. The number of rotatable bonds is 8. The number of hydrogen-bond donors (Lipinski definition) is 1. The van der Waals surface area contributed by atoms with E-state index in [4.69, 9.17) is 19.0 Å². The molecule has 0 saturated carbocycles. The molecule has 0 unspecified atom stereocenters. The van der Waals surface area contributed by atoms with E-state index in [-0.39, 0.29) is 22.9 Å². The molecule has 0 aliphatic carbocycles. The average molecular weight is 528 g/mol. The molecule has 12 nitrogen and oxygen atoms in total. The van der Waals surface area contributed by atoms with Gasteiger partial charge in [-0.25, -0.2) is 9.78 Å². The number of nitro groups is 1. The maximum Gasteiger partial charge on any atom is 0.344 e. The lowest BCUT2D eigenvalue weighted by Crippen LogP contribution is -2.23. The molecule has 0 fully saturated rings. The Morgan fingerprint density at radius 2 is 1.92 bits per heavy atom. The van der Waals surface area contributed by atoms with Crippen LogP contribution >= 0.6 is 0 Å². The molecule has 0 amide bonds. The number of nitrogens with zero attached hydrogens (tertiary/aromatic N) is 4. The zero-order valence-electron chi connectivity index (χ0n) is 20.6. The Kier molecular flexibility index (Phi) is 6.51. The second kappa shape index (κ2) is 10.1. The van der Waals surface area contributed by atoms with E-state index in [0.29, 0.717) is 22.2 Å². The van der Waals surface area contributed by atoms with E-state index in [0.717, 1.165) is 16.1 Å². The van der Waals surface area contributed by atoms with Gasteiger partial charge >= 0.3 is 11.7 Å². The van der Waals surface area contributed by atoms with Crippen LogP contribution < -0.4 is 15.0 Å². The Morgan fingerprint density at radius 1 is 1.18 bits per heavy atom. The lowest BCUT2D eigenvalue weighted by molar-refractivity contribution is -0.386. The van der Waals surface area contributed by atoms with Gasteiger partial charge in [0.25, 0.3) is 5.56 Å². The number of ether oxygens (including phenoxy) is 2. The van der Waals surface area contributed by atoms with Crippen molar-refractivity contribution in [3.05, 3.63) is 92.8 Å². The molecule has 5 aromatic rings. The maximum absolute atomic E-state index is 13.5. The highest BCUT2D eigenvalue weighted by Crippen LogP contribution is 2.38. The topological polar surface area (TPSA) is 159 Å². The molecule has 2 heterocycles. The van der Waals surface area contributed by atoms with Crippen molar-refractivity contribution in [1.82, 2.24) is 9.66 Å². The Morgan fingerprint density at radius 3 is 2.64 bits per heavy atom. The minimum atomic E-state index is -1.37. The highest BCUT2D eigenvalue weighted by Gasteiger charge is 2.26. The molecule has 0 aliphatic rings. The number of benzene rings is 3. The summed E-state index contributed by atoms with van der Waals surface area (Å²) in [5.41, 5.74) is 0.201. The lowest BCUT2D eigenvalue weighted by Gasteiger charge is -2.14. The van der Waals surface area contributed by atoms with Crippen LogP contribution in [0.1, 0.15) is 12.5 Å². The third-order valence-electron chi connectivity index (χ3n) is 5.84. The van der Waals surface area contributed by atoms with Crippen LogP contribution in [-0.4, -0.2) is 45.1 Å². The van der Waals surface area contributed by atoms with Crippen LogP contribution in [0.2, 0.25) is 0 Å². The van der Waals surface area contributed by atoms with Gasteiger partial charge in [0.2, 0.25) is 11.6 Å². The fraction of sp³-hybridized carbons (Fsp3) is 0.111. The molecule has 0 bridgehead atoms. The molecule has 0 aliphatic heterocycles. The van der Waals surface area contributed by atoms with Crippen LogP contribution in [-0.2, 0) is 4.79 Å². The molecular formula is C27H20N4O8. The van der Waals surface area contributed by atoms with Gasteiger partial charge in [0.15, 0.2) is 17.6 Å². The molecule has 2 aromatic heterocycles. The zero-order valence-corrected chi connectivity index (χ0v) is 20.6. The van der Waals surface area contributed by atoms with Crippen LogP contribution in [0.15, 0.2) is 81.0 Å². The Bertz CT molecular complexity index is 1810. The van der Waals surface area contributed by atoms with Crippen molar-refractivity contribution in [2.45, 2.75) is 13.0 Å². The van der Waals surface area contributed by atoms with Gasteiger partial charge in [0.1, 0.15) is 5.58 Å². The van der Waals surface area contributed by atoms with Gasteiger partial charge in [-0.2, -0.15) is 9.78 Å². The summed E-state index contributed by atoms with van der Waals surface area (Å²) in [6.07, 6.45) is -0.144. The first-order valence-corrected chi connectivity index (χ1v) is 11.6. The van der Waals surface area contributed by atoms with Gasteiger partial charge in [-0.1, -0.05) is 30.3 Å². The van der Waals surface area contributed by atoms with Crippen LogP contribution in [0.4, 0.5) is 5.69 Å². The second-order valence-corrected chi connectivity index (χ2v) is 8.39. The van der Waals surface area contributed by atoms with Crippen molar-refractivity contribution < 1.29 is 28.7 Å². The fourth-order valence-electron chi connectivity index (χ4n) is 3.92. The number of fused-ring (bicyclic) bond motifs is 2. The van der Waals surface area contributed by atoms with Gasteiger partial charge < -0.3 is 19.0 Å². The molecular weight excluding hydrogens is 508 g/mol. The van der Waals surface area contributed by atoms with Gasteiger partial charge in [-0.15, -0.1) is 0 Å². The number of aliphatic carboxylic acids is 1. The minimum Gasteiger partial charge on any atom is -0.493 e. The van der Waals surface area contributed by atoms with Gasteiger partial charge in [0, 0.05) is 17.0 Å². The maximum atomic E-state index is 13.5. The Labute approximate surface area is 219 Å². The first-order chi connectivity index (χ1) is 18.8. The number of nitro benzene ring substituents is 1. The molecule has 0 radical (unpaired) electrons. The van der Waals surface area contributed by atoms with Crippen molar-refractivity contribution in [1.29, 1.82) is 0 Å². The standard InChI is InChI=1S/C27H20N4O8/c1-15(27(33)34)38-24-20(31(35)36)11-16(12-22(24)37-2)14-28-30-25(23-13-17-7-3-6-10-21(17)39-23)29-19-9-5-4-8-18(19)26(30)32/h3-15H,1-2H3,(H,33,34)/t15-/m0/s1. The predicted molar refractivity (Wildman–Crippen MR) is 142 cm³/mol. The first kappa shape index (κ1) is 25.1. The predicted octanol–water partition coefficient (Wildman–Crippen LogP) is 4.46. The number of furan rings is 1. The summed E-state index contributed by atoms with van der Waals surface area (Å²) in [6.45, 7) is 1.24. The first-order valence-electron chi connectivity index (χ1n) is 11.6. The highest BCUT2D eigenvalue weighted by molar-refractivity contribution is 5.86. The molecule has 0 spiro atoms. The van der Waals surface area contributed by atoms with E-state index in [1.54, 1.807) is 36.4 Å². The van der Waals surface area contributed by atoms with Crippen molar-refractivity contribution in [3.63, 3.8) is 0 Å². The minimum absolute atomic E-state index is 0.0831. The molecule has 5 rings (SSSR count). The van der Waals surface area contributed by atoms with Gasteiger partial charge in [0.05, 0.1) is 29.2 Å². The van der Waals surface area contributed by atoms with E-state index in [1.807, 2.05) is 18.2 Å². The zero-order chi connectivity index (χ0) is 27.7.